The molecule has 0 saturated carbocycles. The number of nitrogens with zero attached hydrogens (tertiary/aromatic N) is 3. The maximum atomic E-state index is 8.50. The van der Waals surface area contributed by atoms with Gasteiger partial charge in [0.2, 0.25) is 5.89 Å². The van der Waals surface area contributed by atoms with Crippen LogP contribution in [0.25, 0.3) is 0 Å². The van der Waals surface area contributed by atoms with Crippen molar-refractivity contribution >= 4 is 0 Å². The highest BCUT2D eigenvalue weighted by atomic mass is 16.5. The Morgan fingerprint density at radius 3 is 2.69 bits per heavy atom. The number of hydrogen-bond acceptors (Lipinski definition) is 4. The van der Waals surface area contributed by atoms with Gasteiger partial charge in [-0.05, 0) is 18.8 Å². The number of hydrogen-bond donors (Lipinski definition) is 0. The Hall–Kier alpha value is -1.37. The molecule has 16 heavy (non-hydrogen) atoms. The third kappa shape index (κ3) is 4.01. The third-order valence-electron chi connectivity index (χ3n) is 2.54. The van der Waals surface area contributed by atoms with Gasteiger partial charge < -0.3 is 4.52 Å². The Labute approximate surface area is 96.7 Å². The Balaban J connectivity index is 2.47. The van der Waals surface area contributed by atoms with Gasteiger partial charge in [0.1, 0.15) is 0 Å². The molecule has 88 valence electrons. The van der Waals surface area contributed by atoms with Gasteiger partial charge in [0.15, 0.2) is 5.82 Å². The molecule has 1 aromatic rings. The van der Waals surface area contributed by atoms with E-state index in [2.05, 4.69) is 30.1 Å². The molecule has 1 aromatic heterocycles. The molecule has 0 aromatic carbocycles. The molecule has 4 heteroatoms. The second-order valence-electron chi connectivity index (χ2n) is 4.58. The molecular formula is C12H19N3O. The lowest BCUT2D eigenvalue weighted by atomic mass is 10.1. The van der Waals surface area contributed by atoms with E-state index in [-0.39, 0.29) is 5.92 Å². The molecule has 0 aliphatic rings. The Bertz CT molecular complexity index is 351. The summed E-state index contributed by atoms with van der Waals surface area (Å²) < 4.78 is 5.19. The fourth-order valence-electron chi connectivity index (χ4n) is 1.39. The van der Waals surface area contributed by atoms with Gasteiger partial charge in [0.05, 0.1) is 6.07 Å². The van der Waals surface area contributed by atoms with Crippen LogP contribution in [0.5, 0.6) is 0 Å². The molecule has 0 bridgehead atoms. The van der Waals surface area contributed by atoms with E-state index >= 15 is 0 Å². The molecule has 0 amide bonds. The summed E-state index contributed by atoms with van der Waals surface area (Å²) in [6.07, 6.45) is 3.25. The molecule has 0 saturated heterocycles. The monoisotopic (exact) mass is 221 g/mol. The second-order valence-corrected chi connectivity index (χ2v) is 4.58. The molecule has 0 aliphatic heterocycles. The summed E-state index contributed by atoms with van der Waals surface area (Å²) in [6.45, 7) is 6.37. The van der Waals surface area contributed by atoms with Gasteiger partial charge in [-0.25, -0.2) is 0 Å². The van der Waals surface area contributed by atoms with Crippen LogP contribution in [0.1, 0.15) is 57.7 Å². The largest absolute Gasteiger partial charge is 0.339 e. The molecule has 1 unspecified atom stereocenters. The standard InChI is InChI=1S/C12H19N3O/c1-9(2)6-7-11-14-12(16-15-11)10(3)5-4-8-13/h9-10H,4-7H2,1-3H3. The van der Waals surface area contributed by atoms with Crippen LogP contribution in [-0.2, 0) is 6.42 Å². The normalized spacial score (nSPS) is 12.7. The lowest BCUT2D eigenvalue weighted by Crippen LogP contribution is -1.96. The van der Waals surface area contributed by atoms with E-state index in [1.165, 1.54) is 0 Å². The van der Waals surface area contributed by atoms with Crippen LogP contribution in [-0.4, -0.2) is 10.1 Å². The van der Waals surface area contributed by atoms with Gasteiger partial charge in [-0.1, -0.05) is 25.9 Å². The Morgan fingerprint density at radius 1 is 1.31 bits per heavy atom. The summed E-state index contributed by atoms with van der Waals surface area (Å²) in [7, 11) is 0. The highest BCUT2D eigenvalue weighted by Gasteiger charge is 2.13. The number of rotatable bonds is 6. The van der Waals surface area contributed by atoms with Crippen molar-refractivity contribution < 1.29 is 4.52 Å². The van der Waals surface area contributed by atoms with Gasteiger partial charge in [-0.3, -0.25) is 0 Å². The minimum absolute atomic E-state index is 0.181. The molecule has 0 spiro atoms. The highest BCUT2D eigenvalue weighted by Crippen LogP contribution is 2.18. The first-order valence-corrected chi connectivity index (χ1v) is 5.83. The van der Waals surface area contributed by atoms with E-state index in [4.69, 9.17) is 9.78 Å². The van der Waals surface area contributed by atoms with Crippen molar-refractivity contribution in [2.45, 2.75) is 52.4 Å². The van der Waals surface area contributed by atoms with Gasteiger partial charge >= 0.3 is 0 Å². The molecule has 0 N–H and O–H groups in total. The van der Waals surface area contributed by atoms with Crippen LogP contribution in [0.4, 0.5) is 0 Å². The summed E-state index contributed by atoms with van der Waals surface area (Å²) >= 11 is 0. The van der Waals surface area contributed by atoms with Crippen molar-refractivity contribution in [3.63, 3.8) is 0 Å². The number of aromatic nitrogens is 2. The summed E-state index contributed by atoms with van der Waals surface area (Å²) in [5.74, 6) is 2.28. The van der Waals surface area contributed by atoms with Crippen molar-refractivity contribution in [2.24, 2.45) is 5.92 Å². The molecule has 1 atom stereocenters. The molecular weight excluding hydrogens is 202 g/mol. The molecule has 1 rings (SSSR count). The fourth-order valence-corrected chi connectivity index (χ4v) is 1.39. The topological polar surface area (TPSA) is 62.7 Å². The van der Waals surface area contributed by atoms with E-state index in [1.807, 2.05) is 6.92 Å². The minimum Gasteiger partial charge on any atom is -0.339 e. The SMILES string of the molecule is CC(C)CCc1noc(C(C)CCC#N)n1. The lowest BCUT2D eigenvalue weighted by molar-refractivity contribution is 0.349. The number of aryl methyl sites for hydroxylation is 1. The van der Waals surface area contributed by atoms with E-state index < -0.39 is 0 Å². The average Bonchev–Trinajstić information content (AvgIpc) is 2.71. The average molecular weight is 221 g/mol. The van der Waals surface area contributed by atoms with Crippen molar-refractivity contribution in [1.82, 2.24) is 10.1 Å². The smallest absolute Gasteiger partial charge is 0.229 e. The first-order valence-electron chi connectivity index (χ1n) is 5.83. The quantitative estimate of drug-likeness (QED) is 0.740. The zero-order valence-corrected chi connectivity index (χ0v) is 10.2. The van der Waals surface area contributed by atoms with Gasteiger partial charge in [0, 0.05) is 18.8 Å². The molecule has 0 radical (unpaired) electrons. The van der Waals surface area contributed by atoms with Crippen LogP contribution < -0.4 is 0 Å². The van der Waals surface area contributed by atoms with Gasteiger partial charge in [-0.15, -0.1) is 0 Å². The van der Waals surface area contributed by atoms with E-state index in [0.717, 1.165) is 25.1 Å². The second kappa shape index (κ2) is 6.26. The van der Waals surface area contributed by atoms with Crippen LogP contribution in [0.15, 0.2) is 4.52 Å². The van der Waals surface area contributed by atoms with Crippen molar-refractivity contribution in [2.75, 3.05) is 0 Å². The van der Waals surface area contributed by atoms with E-state index in [9.17, 15) is 0 Å². The lowest BCUT2D eigenvalue weighted by Gasteiger charge is -2.01. The molecule has 1 heterocycles. The first-order chi connectivity index (χ1) is 7.63. The van der Waals surface area contributed by atoms with Crippen molar-refractivity contribution in [3.05, 3.63) is 11.7 Å². The summed E-state index contributed by atoms with van der Waals surface area (Å²) in [5.41, 5.74) is 0. The van der Waals surface area contributed by atoms with Crippen LogP contribution >= 0.6 is 0 Å². The summed E-state index contributed by atoms with van der Waals surface area (Å²) in [5, 5.41) is 12.4. The summed E-state index contributed by atoms with van der Waals surface area (Å²) in [4.78, 5) is 4.35. The molecule has 4 nitrogen and oxygen atoms in total. The predicted octanol–water partition coefficient (Wildman–Crippen LogP) is 3.07. The fraction of sp³-hybridized carbons (Fsp3) is 0.750. The van der Waals surface area contributed by atoms with Crippen LogP contribution in [0.3, 0.4) is 0 Å². The van der Waals surface area contributed by atoms with E-state index in [1.54, 1.807) is 0 Å². The number of nitriles is 1. The van der Waals surface area contributed by atoms with Crippen LogP contribution in [0, 0.1) is 17.2 Å². The first kappa shape index (κ1) is 12.7. The predicted molar refractivity (Wildman–Crippen MR) is 60.7 cm³/mol. The van der Waals surface area contributed by atoms with E-state index in [0.29, 0.717) is 18.2 Å². The Morgan fingerprint density at radius 2 is 2.06 bits per heavy atom. The molecule has 0 fully saturated rings. The van der Waals surface area contributed by atoms with Gasteiger partial charge in [0.25, 0.3) is 0 Å². The maximum absolute atomic E-state index is 8.50. The minimum atomic E-state index is 0.181. The molecule has 0 aliphatic carbocycles. The van der Waals surface area contributed by atoms with Gasteiger partial charge in [-0.2, -0.15) is 10.2 Å². The summed E-state index contributed by atoms with van der Waals surface area (Å²) in [6, 6.07) is 2.13. The third-order valence-corrected chi connectivity index (χ3v) is 2.54. The maximum Gasteiger partial charge on any atom is 0.229 e. The van der Waals surface area contributed by atoms with Crippen LogP contribution in [0.2, 0.25) is 0 Å². The zero-order chi connectivity index (χ0) is 12.0. The highest BCUT2D eigenvalue weighted by molar-refractivity contribution is 4.93. The van der Waals surface area contributed by atoms with Crippen molar-refractivity contribution in [1.29, 1.82) is 5.26 Å². The zero-order valence-electron chi connectivity index (χ0n) is 10.2. The Kier molecular flexibility index (Phi) is 4.97. The van der Waals surface area contributed by atoms with Crippen molar-refractivity contribution in [3.8, 4) is 6.07 Å².